The van der Waals surface area contributed by atoms with E-state index in [2.05, 4.69) is 6.92 Å². The molecule has 1 fully saturated rings. The summed E-state index contributed by atoms with van der Waals surface area (Å²) in [6, 6.07) is 0. The Morgan fingerprint density at radius 3 is 1.94 bits per heavy atom. The summed E-state index contributed by atoms with van der Waals surface area (Å²) in [7, 11) is 0. The van der Waals surface area contributed by atoms with Crippen LogP contribution < -0.4 is 0 Å². The molecule has 2 N–H and O–H groups in total. The van der Waals surface area contributed by atoms with Crippen molar-refractivity contribution in [2.24, 2.45) is 11.8 Å². The minimum absolute atomic E-state index is 0.376. The molecule has 1 aliphatic carbocycles. The van der Waals surface area contributed by atoms with Gasteiger partial charge in [0.05, 0.1) is 0 Å². The van der Waals surface area contributed by atoms with Gasteiger partial charge in [-0.1, -0.05) is 19.8 Å². The highest BCUT2D eigenvalue weighted by Crippen LogP contribution is 2.33. The Kier molecular flexibility index (Phi) is 10.8. The largest absolute Gasteiger partial charge is 0.481 e. The van der Waals surface area contributed by atoms with Crippen LogP contribution in [-0.4, -0.2) is 28.9 Å². The van der Waals surface area contributed by atoms with Gasteiger partial charge in [0.25, 0.3) is 5.97 Å². The molecule has 5 nitrogen and oxygen atoms in total. The second-order valence-electron chi connectivity index (χ2n) is 3.79. The molecule has 1 saturated carbocycles. The molecule has 0 amide bonds. The third-order valence-corrected chi connectivity index (χ3v) is 2.48. The third-order valence-electron chi connectivity index (χ3n) is 2.48. The standard InChI is InChI=1S/C8H14O2.C2H4O2.CH2O/c1-6-3-2-4-7(6)5-8(9)10;1-2(3)4;1-2/h6-7H,2-5H2,1H3,(H,9,10);1H3,(H,3,4);1H2/t6?,7-;;/m1../s1. The summed E-state index contributed by atoms with van der Waals surface area (Å²) in [4.78, 5) is 27.3. The molecule has 1 rings (SSSR count). The van der Waals surface area contributed by atoms with E-state index in [4.69, 9.17) is 19.8 Å². The Labute approximate surface area is 95.5 Å². The summed E-state index contributed by atoms with van der Waals surface area (Å²) >= 11 is 0. The van der Waals surface area contributed by atoms with Crippen molar-refractivity contribution < 1.29 is 24.6 Å². The molecule has 1 aliphatic rings. The SMILES string of the molecule is C=O.CC(=O)O.CC1CCC[C@@H]1CC(=O)O. The van der Waals surface area contributed by atoms with Gasteiger partial charge < -0.3 is 15.0 Å². The molecule has 94 valence electrons. The van der Waals surface area contributed by atoms with Crippen LogP contribution >= 0.6 is 0 Å². The maximum atomic E-state index is 10.3. The average molecular weight is 232 g/mol. The lowest BCUT2D eigenvalue weighted by Crippen LogP contribution is -2.09. The first-order valence-corrected chi connectivity index (χ1v) is 5.13. The molecular weight excluding hydrogens is 212 g/mol. The minimum Gasteiger partial charge on any atom is -0.481 e. The van der Waals surface area contributed by atoms with Crippen molar-refractivity contribution in [1.29, 1.82) is 0 Å². The van der Waals surface area contributed by atoms with Gasteiger partial charge >= 0.3 is 5.97 Å². The molecule has 5 heteroatoms. The molecule has 0 aliphatic heterocycles. The van der Waals surface area contributed by atoms with Crippen LogP contribution in [0.3, 0.4) is 0 Å². The summed E-state index contributed by atoms with van der Waals surface area (Å²) in [6.07, 6.45) is 3.94. The molecule has 2 atom stereocenters. The second kappa shape index (κ2) is 10.1. The fourth-order valence-corrected chi connectivity index (χ4v) is 1.75. The van der Waals surface area contributed by atoms with E-state index in [1.807, 2.05) is 6.79 Å². The van der Waals surface area contributed by atoms with Crippen molar-refractivity contribution >= 4 is 18.7 Å². The van der Waals surface area contributed by atoms with Gasteiger partial charge in [-0.2, -0.15) is 0 Å². The minimum atomic E-state index is -0.833. The smallest absolute Gasteiger partial charge is 0.303 e. The number of hydrogen-bond acceptors (Lipinski definition) is 3. The van der Waals surface area contributed by atoms with E-state index in [1.165, 1.54) is 12.8 Å². The van der Waals surface area contributed by atoms with Gasteiger partial charge in [0.2, 0.25) is 0 Å². The lowest BCUT2D eigenvalue weighted by molar-refractivity contribution is -0.138. The molecule has 0 aromatic heterocycles. The first-order valence-electron chi connectivity index (χ1n) is 5.13. The maximum Gasteiger partial charge on any atom is 0.303 e. The lowest BCUT2D eigenvalue weighted by atomic mass is 9.95. The number of carboxylic acids is 2. The maximum absolute atomic E-state index is 10.3. The van der Waals surface area contributed by atoms with Gasteiger partial charge in [-0.3, -0.25) is 9.59 Å². The fraction of sp³-hybridized carbons (Fsp3) is 0.727. The van der Waals surface area contributed by atoms with Crippen molar-refractivity contribution in [3.8, 4) is 0 Å². The average Bonchev–Trinajstić information content (AvgIpc) is 2.53. The first kappa shape index (κ1) is 17.0. The van der Waals surface area contributed by atoms with Gasteiger partial charge in [0, 0.05) is 13.3 Å². The Morgan fingerprint density at radius 1 is 1.25 bits per heavy atom. The predicted molar refractivity (Wildman–Crippen MR) is 59.2 cm³/mol. The predicted octanol–water partition coefficient (Wildman–Crippen LogP) is 1.80. The first-order chi connectivity index (χ1) is 7.43. The molecule has 0 radical (unpaired) electrons. The molecule has 0 heterocycles. The van der Waals surface area contributed by atoms with Crippen LogP contribution in [0.25, 0.3) is 0 Å². The fourth-order valence-electron chi connectivity index (χ4n) is 1.75. The van der Waals surface area contributed by atoms with Crippen molar-refractivity contribution in [1.82, 2.24) is 0 Å². The summed E-state index contributed by atoms with van der Waals surface area (Å²) in [5.74, 6) is -0.382. The Hall–Kier alpha value is -1.39. The number of carbonyl (C=O) groups is 3. The number of aliphatic carboxylic acids is 2. The molecule has 0 aromatic carbocycles. The van der Waals surface area contributed by atoms with E-state index in [-0.39, 0.29) is 0 Å². The van der Waals surface area contributed by atoms with Crippen molar-refractivity contribution in [2.75, 3.05) is 0 Å². The normalized spacial score (nSPS) is 22.1. The van der Waals surface area contributed by atoms with Crippen LogP contribution in [0.4, 0.5) is 0 Å². The molecule has 0 spiro atoms. The quantitative estimate of drug-likeness (QED) is 0.757. The van der Waals surface area contributed by atoms with Crippen LogP contribution in [0.2, 0.25) is 0 Å². The number of carboxylic acid groups (broad SMARTS) is 2. The van der Waals surface area contributed by atoms with Crippen molar-refractivity contribution in [3.05, 3.63) is 0 Å². The molecule has 16 heavy (non-hydrogen) atoms. The zero-order chi connectivity index (χ0) is 13.1. The Bertz CT molecular complexity index is 210. The zero-order valence-corrected chi connectivity index (χ0v) is 9.81. The molecule has 0 aromatic rings. The highest BCUT2D eigenvalue weighted by Gasteiger charge is 2.24. The Morgan fingerprint density at radius 2 is 1.69 bits per heavy atom. The van der Waals surface area contributed by atoms with E-state index in [9.17, 15) is 4.79 Å². The van der Waals surface area contributed by atoms with Crippen molar-refractivity contribution in [2.45, 2.75) is 39.5 Å². The highest BCUT2D eigenvalue weighted by molar-refractivity contribution is 5.67. The van der Waals surface area contributed by atoms with E-state index >= 15 is 0 Å². The van der Waals surface area contributed by atoms with E-state index in [0.717, 1.165) is 13.3 Å². The topological polar surface area (TPSA) is 91.7 Å². The van der Waals surface area contributed by atoms with Crippen LogP contribution in [0.15, 0.2) is 0 Å². The van der Waals surface area contributed by atoms with Crippen LogP contribution in [0, 0.1) is 11.8 Å². The monoisotopic (exact) mass is 232 g/mol. The lowest BCUT2D eigenvalue weighted by Gasteiger charge is -2.10. The highest BCUT2D eigenvalue weighted by atomic mass is 16.4. The van der Waals surface area contributed by atoms with Gasteiger partial charge in [0.1, 0.15) is 6.79 Å². The molecule has 0 saturated heterocycles. The molecular formula is C11H20O5. The Balaban J connectivity index is 0. The van der Waals surface area contributed by atoms with Gasteiger partial charge in [0.15, 0.2) is 0 Å². The van der Waals surface area contributed by atoms with Gasteiger partial charge in [-0.05, 0) is 18.3 Å². The van der Waals surface area contributed by atoms with Crippen molar-refractivity contribution in [3.63, 3.8) is 0 Å². The molecule has 0 bridgehead atoms. The summed E-state index contributed by atoms with van der Waals surface area (Å²) in [5, 5.41) is 15.9. The summed E-state index contributed by atoms with van der Waals surface area (Å²) < 4.78 is 0. The van der Waals surface area contributed by atoms with Gasteiger partial charge in [-0.25, -0.2) is 0 Å². The van der Waals surface area contributed by atoms with Gasteiger partial charge in [-0.15, -0.1) is 0 Å². The van der Waals surface area contributed by atoms with Crippen LogP contribution in [0.1, 0.15) is 39.5 Å². The molecule has 1 unspecified atom stereocenters. The number of rotatable bonds is 2. The second-order valence-corrected chi connectivity index (χ2v) is 3.79. The third kappa shape index (κ3) is 10.7. The number of carbonyl (C=O) groups excluding carboxylic acids is 1. The summed E-state index contributed by atoms with van der Waals surface area (Å²) in [5.41, 5.74) is 0. The van der Waals surface area contributed by atoms with E-state index < -0.39 is 11.9 Å². The van der Waals surface area contributed by atoms with Crippen LogP contribution in [0.5, 0.6) is 0 Å². The van der Waals surface area contributed by atoms with E-state index in [1.54, 1.807) is 0 Å². The van der Waals surface area contributed by atoms with Crippen LogP contribution in [-0.2, 0) is 14.4 Å². The van der Waals surface area contributed by atoms with E-state index in [0.29, 0.717) is 18.3 Å². The number of hydrogen-bond donors (Lipinski definition) is 2. The zero-order valence-electron chi connectivity index (χ0n) is 9.81. The summed E-state index contributed by atoms with van der Waals surface area (Å²) in [6.45, 7) is 5.24.